The first kappa shape index (κ1) is 13.6. The van der Waals surface area contributed by atoms with Gasteiger partial charge in [-0.25, -0.2) is 0 Å². The van der Waals surface area contributed by atoms with Gasteiger partial charge in [-0.1, -0.05) is 17.7 Å². The topological polar surface area (TPSA) is 29.3 Å². The van der Waals surface area contributed by atoms with Gasteiger partial charge < -0.3 is 5.73 Å². The van der Waals surface area contributed by atoms with Gasteiger partial charge in [0.15, 0.2) is 0 Å². The van der Waals surface area contributed by atoms with Crippen molar-refractivity contribution in [3.05, 3.63) is 34.4 Å². The molecule has 1 aromatic carbocycles. The molecule has 1 saturated carbocycles. The highest BCUT2D eigenvalue weighted by atomic mass is 15.2. The molecule has 0 bridgehead atoms. The Labute approximate surface area is 111 Å². The van der Waals surface area contributed by atoms with Crippen molar-refractivity contribution in [1.82, 2.24) is 4.90 Å². The Morgan fingerprint density at radius 1 is 1.17 bits per heavy atom. The predicted molar refractivity (Wildman–Crippen MR) is 77.8 cm³/mol. The van der Waals surface area contributed by atoms with Crippen LogP contribution in [0.5, 0.6) is 0 Å². The van der Waals surface area contributed by atoms with E-state index in [0.717, 1.165) is 32.1 Å². The zero-order chi connectivity index (χ0) is 13.1. The van der Waals surface area contributed by atoms with Gasteiger partial charge in [0.05, 0.1) is 0 Å². The molecule has 18 heavy (non-hydrogen) atoms. The molecule has 1 aliphatic rings. The Hall–Kier alpha value is -0.860. The van der Waals surface area contributed by atoms with Gasteiger partial charge in [0.2, 0.25) is 0 Å². The molecule has 1 aliphatic carbocycles. The van der Waals surface area contributed by atoms with E-state index in [-0.39, 0.29) is 0 Å². The van der Waals surface area contributed by atoms with Crippen molar-refractivity contribution in [1.29, 1.82) is 0 Å². The summed E-state index contributed by atoms with van der Waals surface area (Å²) in [5.74, 6) is 0. The van der Waals surface area contributed by atoms with Gasteiger partial charge >= 0.3 is 0 Å². The Bertz CT molecular complexity index is 385. The van der Waals surface area contributed by atoms with E-state index in [4.69, 9.17) is 5.73 Å². The molecule has 0 aliphatic heterocycles. The van der Waals surface area contributed by atoms with E-state index >= 15 is 0 Å². The van der Waals surface area contributed by atoms with Crippen molar-refractivity contribution in [3.8, 4) is 0 Å². The minimum atomic E-state index is 0.801. The quantitative estimate of drug-likeness (QED) is 0.836. The van der Waals surface area contributed by atoms with Crippen LogP contribution < -0.4 is 5.73 Å². The first-order valence-corrected chi connectivity index (χ1v) is 7.12. The van der Waals surface area contributed by atoms with Crippen LogP contribution in [-0.4, -0.2) is 24.0 Å². The first-order chi connectivity index (χ1) is 8.61. The summed E-state index contributed by atoms with van der Waals surface area (Å²) in [6, 6.07) is 5.42. The summed E-state index contributed by atoms with van der Waals surface area (Å²) in [6.45, 7) is 9.70. The van der Waals surface area contributed by atoms with E-state index in [1.807, 2.05) is 0 Å². The average Bonchev–Trinajstić information content (AvgIpc) is 3.11. The lowest BCUT2D eigenvalue weighted by Crippen LogP contribution is -2.28. The number of nitrogens with zero attached hydrogens (tertiary/aromatic N) is 1. The van der Waals surface area contributed by atoms with E-state index in [1.165, 1.54) is 35.1 Å². The van der Waals surface area contributed by atoms with Crippen LogP contribution in [-0.2, 0) is 6.54 Å². The highest BCUT2D eigenvalue weighted by Crippen LogP contribution is 2.29. The van der Waals surface area contributed by atoms with Gasteiger partial charge in [0.1, 0.15) is 0 Å². The van der Waals surface area contributed by atoms with E-state index in [1.54, 1.807) is 0 Å². The van der Waals surface area contributed by atoms with Crippen molar-refractivity contribution in [3.63, 3.8) is 0 Å². The minimum absolute atomic E-state index is 0.801. The van der Waals surface area contributed by atoms with Crippen molar-refractivity contribution >= 4 is 0 Å². The normalized spacial score (nSPS) is 15.4. The largest absolute Gasteiger partial charge is 0.330 e. The zero-order valence-electron chi connectivity index (χ0n) is 12.0. The Morgan fingerprint density at radius 3 is 2.28 bits per heavy atom. The second-order valence-corrected chi connectivity index (χ2v) is 5.72. The van der Waals surface area contributed by atoms with Crippen molar-refractivity contribution < 1.29 is 0 Å². The third kappa shape index (κ3) is 3.33. The summed E-state index contributed by atoms with van der Waals surface area (Å²) < 4.78 is 0. The molecule has 100 valence electrons. The fourth-order valence-corrected chi connectivity index (χ4v) is 2.79. The van der Waals surface area contributed by atoms with Crippen molar-refractivity contribution in [2.75, 3.05) is 13.1 Å². The number of nitrogens with two attached hydrogens (primary N) is 1. The summed E-state index contributed by atoms with van der Waals surface area (Å²) in [5.41, 5.74) is 11.4. The number of hydrogen-bond acceptors (Lipinski definition) is 2. The molecule has 0 unspecified atom stereocenters. The lowest BCUT2D eigenvalue weighted by Gasteiger charge is -2.24. The molecule has 1 fully saturated rings. The van der Waals surface area contributed by atoms with E-state index < -0.39 is 0 Å². The number of hydrogen-bond donors (Lipinski definition) is 1. The SMILES string of the molecule is Cc1cc(C)c(CN(CCCN)C2CC2)c(C)c1. The maximum atomic E-state index is 5.64. The van der Waals surface area contributed by atoms with Crippen LogP contribution in [0.15, 0.2) is 12.1 Å². The van der Waals surface area contributed by atoms with E-state index in [9.17, 15) is 0 Å². The van der Waals surface area contributed by atoms with E-state index in [0.29, 0.717) is 0 Å². The Kier molecular flexibility index (Phi) is 4.41. The van der Waals surface area contributed by atoms with E-state index in [2.05, 4.69) is 37.8 Å². The molecule has 0 saturated heterocycles. The summed E-state index contributed by atoms with van der Waals surface area (Å²) in [7, 11) is 0. The molecule has 1 aromatic rings. The fraction of sp³-hybridized carbons (Fsp3) is 0.625. The maximum Gasteiger partial charge on any atom is 0.0241 e. The first-order valence-electron chi connectivity index (χ1n) is 7.12. The standard InChI is InChI=1S/C16H26N2/c1-12-9-13(2)16(14(3)10-12)11-18(8-4-7-17)15-5-6-15/h9-10,15H,4-8,11,17H2,1-3H3. The van der Waals surface area contributed by atoms with Crippen LogP contribution in [0.3, 0.4) is 0 Å². The monoisotopic (exact) mass is 246 g/mol. The lowest BCUT2D eigenvalue weighted by atomic mass is 9.99. The molecule has 2 N–H and O–H groups in total. The third-order valence-electron chi connectivity index (χ3n) is 3.91. The molecule has 2 heteroatoms. The predicted octanol–water partition coefficient (Wildman–Crippen LogP) is 2.93. The lowest BCUT2D eigenvalue weighted by molar-refractivity contribution is 0.252. The summed E-state index contributed by atoms with van der Waals surface area (Å²) in [5, 5.41) is 0. The van der Waals surface area contributed by atoms with Crippen LogP contribution in [0.1, 0.15) is 41.5 Å². The van der Waals surface area contributed by atoms with Crippen LogP contribution in [0, 0.1) is 20.8 Å². The van der Waals surface area contributed by atoms with Crippen LogP contribution in [0.2, 0.25) is 0 Å². The Morgan fingerprint density at radius 2 is 1.78 bits per heavy atom. The second-order valence-electron chi connectivity index (χ2n) is 5.72. The molecule has 2 rings (SSSR count). The fourth-order valence-electron chi connectivity index (χ4n) is 2.79. The van der Waals surface area contributed by atoms with Gasteiger partial charge in [-0.15, -0.1) is 0 Å². The summed E-state index contributed by atoms with van der Waals surface area (Å²) >= 11 is 0. The number of benzene rings is 1. The zero-order valence-corrected chi connectivity index (χ0v) is 12.0. The van der Waals surface area contributed by atoms with Gasteiger partial charge in [0.25, 0.3) is 0 Å². The summed E-state index contributed by atoms with van der Waals surface area (Å²) in [6.07, 6.45) is 3.85. The highest BCUT2D eigenvalue weighted by molar-refractivity contribution is 5.37. The average molecular weight is 246 g/mol. The maximum absolute atomic E-state index is 5.64. The summed E-state index contributed by atoms with van der Waals surface area (Å²) in [4.78, 5) is 2.62. The molecule has 0 radical (unpaired) electrons. The van der Waals surface area contributed by atoms with Gasteiger partial charge in [-0.2, -0.15) is 0 Å². The molecule has 0 heterocycles. The second kappa shape index (κ2) is 5.85. The van der Waals surface area contributed by atoms with Gasteiger partial charge in [-0.05, 0) is 69.8 Å². The van der Waals surface area contributed by atoms with Gasteiger partial charge in [0, 0.05) is 12.6 Å². The molecular weight excluding hydrogens is 220 g/mol. The van der Waals surface area contributed by atoms with Crippen molar-refractivity contribution in [2.24, 2.45) is 5.73 Å². The van der Waals surface area contributed by atoms with Gasteiger partial charge in [-0.3, -0.25) is 4.90 Å². The molecule has 0 atom stereocenters. The van der Waals surface area contributed by atoms with Crippen molar-refractivity contribution in [2.45, 2.75) is 52.6 Å². The number of rotatable bonds is 6. The van der Waals surface area contributed by atoms with Crippen LogP contribution >= 0.6 is 0 Å². The molecule has 0 amide bonds. The molecular formula is C16H26N2. The smallest absolute Gasteiger partial charge is 0.0241 e. The number of aryl methyl sites for hydroxylation is 3. The molecule has 2 nitrogen and oxygen atoms in total. The third-order valence-corrected chi connectivity index (χ3v) is 3.91. The minimum Gasteiger partial charge on any atom is -0.330 e. The highest BCUT2D eigenvalue weighted by Gasteiger charge is 2.28. The van der Waals surface area contributed by atoms with Crippen LogP contribution in [0.4, 0.5) is 0 Å². The molecule has 0 spiro atoms. The Balaban J connectivity index is 2.10. The van der Waals surface area contributed by atoms with Crippen LogP contribution in [0.25, 0.3) is 0 Å². The molecule has 0 aromatic heterocycles.